The van der Waals surface area contributed by atoms with Crippen LogP contribution in [-0.2, 0) is 0 Å². The summed E-state index contributed by atoms with van der Waals surface area (Å²) in [5.74, 6) is 0.859. The lowest BCUT2D eigenvalue weighted by molar-refractivity contribution is 0.0838. The maximum Gasteiger partial charge on any atom is 0.268 e. The molecule has 0 saturated heterocycles. The molecule has 1 amide bonds. The van der Waals surface area contributed by atoms with Crippen molar-refractivity contribution >= 4 is 23.3 Å². The number of thiophene rings is 1. The number of nitrogens with zero attached hydrogens (tertiary/aromatic N) is 1. The SMILES string of the molecule is O=C(c1cccs1)N1C=CC(C=Cc2ccco2)=CC1. The van der Waals surface area contributed by atoms with Gasteiger partial charge in [0, 0.05) is 12.7 Å². The maximum atomic E-state index is 12.1. The van der Waals surface area contributed by atoms with Gasteiger partial charge in [0.15, 0.2) is 0 Å². The molecule has 0 spiro atoms. The number of hydrogen-bond donors (Lipinski definition) is 0. The fourth-order valence-corrected chi connectivity index (χ4v) is 2.57. The standard InChI is InChI=1S/C16H13NO2S/c18-16(15-4-2-12-20-15)17-9-7-13(8-10-17)5-6-14-3-1-11-19-14/h1-9,11-12H,10H2. The lowest BCUT2D eigenvalue weighted by Gasteiger charge is -2.19. The van der Waals surface area contributed by atoms with Gasteiger partial charge < -0.3 is 9.32 Å². The van der Waals surface area contributed by atoms with Gasteiger partial charge in [-0.1, -0.05) is 18.2 Å². The third-order valence-electron chi connectivity index (χ3n) is 2.95. The first kappa shape index (κ1) is 12.7. The fourth-order valence-electron chi connectivity index (χ4n) is 1.89. The zero-order chi connectivity index (χ0) is 13.8. The van der Waals surface area contributed by atoms with E-state index in [1.807, 2.05) is 60.1 Å². The lowest BCUT2D eigenvalue weighted by atomic mass is 10.1. The van der Waals surface area contributed by atoms with Gasteiger partial charge in [0.2, 0.25) is 0 Å². The Morgan fingerprint density at radius 1 is 1.30 bits per heavy atom. The summed E-state index contributed by atoms with van der Waals surface area (Å²) in [6, 6.07) is 7.48. The number of amides is 1. The van der Waals surface area contributed by atoms with Gasteiger partial charge >= 0.3 is 0 Å². The smallest absolute Gasteiger partial charge is 0.268 e. The van der Waals surface area contributed by atoms with Crippen LogP contribution in [0.4, 0.5) is 0 Å². The first-order valence-electron chi connectivity index (χ1n) is 6.27. The number of furan rings is 1. The number of hydrogen-bond acceptors (Lipinski definition) is 3. The van der Waals surface area contributed by atoms with Crippen molar-refractivity contribution in [3.8, 4) is 0 Å². The molecule has 0 aromatic carbocycles. The molecule has 1 aliphatic rings. The van der Waals surface area contributed by atoms with E-state index in [2.05, 4.69) is 0 Å². The summed E-state index contributed by atoms with van der Waals surface area (Å²) >= 11 is 1.46. The number of carbonyl (C=O) groups is 1. The minimum atomic E-state index is 0.0431. The minimum Gasteiger partial charge on any atom is -0.465 e. The molecule has 0 fully saturated rings. The average molecular weight is 283 g/mol. The van der Waals surface area contributed by atoms with Crippen LogP contribution in [0.15, 0.2) is 70.3 Å². The van der Waals surface area contributed by atoms with Crippen molar-refractivity contribution in [3.63, 3.8) is 0 Å². The summed E-state index contributed by atoms with van der Waals surface area (Å²) in [7, 11) is 0. The number of carbonyl (C=O) groups excluding carboxylic acids is 1. The van der Waals surface area contributed by atoms with Crippen molar-refractivity contribution in [2.75, 3.05) is 6.54 Å². The third kappa shape index (κ3) is 2.81. The number of allylic oxidation sites excluding steroid dienone is 3. The second-order valence-corrected chi connectivity index (χ2v) is 5.25. The monoisotopic (exact) mass is 283 g/mol. The highest BCUT2D eigenvalue weighted by Crippen LogP contribution is 2.16. The molecule has 3 rings (SSSR count). The molecule has 4 heteroatoms. The summed E-state index contributed by atoms with van der Waals surface area (Å²) < 4.78 is 5.23. The van der Waals surface area contributed by atoms with Crippen molar-refractivity contribution in [1.29, 1.82) is 0 Å². The Kier molecular flexibility index (Phi) is 3.65. The van der Waals surface area contributed by atoms with Crippen LogP contribution in [0.2, 0.25) is 0 Å². The van der Waals surface area contributed by atoms with Crippen molar-refractivity contribution in [3.05, 3.63) is 76.5 Å². The molecule has 0 aliphatic carbocycles. The normalized spacial score (nSPS) is 14.8. The quantitative estimate of drug-likeness (QED) is 0.854. The van der Waals surface area contributed by atoms with Gasteiger partial charge in [-0.25, -0.2) is 0 Å². The number of rotatable bonds is 3. The fraction of sp³-hybridized carbons (Fsp3) is 0.0625. The van der Waals surface area contributed by atoms with Crippen molar-refractivity contribution < 1.29 is 9.21 Å². The van der Waals surface area contributed by atoms with E-state index >= 15 is 0 Å². The highest BCUT2D eigenvalue weighted by molar-refractivity contribution is 7.12. The van der Waals surface area contributed by atoms with Crippen LogP contribution < -0.4 is 0 Å². The molecule has 0 N–H and O–H groups in total. The Bertz CT molecular complexity index is 663. The molecule has 0 atom stereocenters. The van der Waals surface area contributed by atoms with Crippen LogP contribution >= 0.6 is 11.3 Å². The van der Waals surface area contributed by atoms with Crippen LogP contribution in [0.25, 0.3) is 6.08 Å². The van der Waals surface area contributed by atoms with Crippen LogP contribution in [0.1, 0.15) is 15.4 Å². The largest absolute Gasteiger partial charge is 0.465 e. The Hall–Kier alpha value is -2.33. The van der Waals surface area contributed by atoms with Crippen molar-refractivity contribution in [2.24, 2.45) is 0 Å². The zero-order valence-corrected chi connectivity index (χ0v) is 11.5. The van der Waals surface area contributed by atoms with Gasteiger partial charge in [-0.05, 0) is 41.3 Å². The molecule has 0 radical (unpaired) electrons. The summed E-state index contributed by atoms with van der Waals surface area (Å²) in [5, 5.41) is 1.91. The van der Waals surface area contributed by atoms with Crippen LogP contribution in [-0.4, -0.2) is 17.4 Å². The Labute approximate surface area is 121 Å². The highest BCUT2D eigenvalue weighted by Gasteiger charge is 2.15. The van der Waals surface area contributed by atoms with E-state index in [0.717, 1.165) is 16.2 Å². The van der Waals surface area contributed by atoms with E-state index in [1.165, 1.54) is 11.3 Å². The van der Waals surface area contributed by atoms with Gasteiger partial charge in [-0.3, -0.25) is 4.79 Å². The molecule has 3 nitrogen and oxygen atoms in total. The van der Waals surface area contributed by atoms with Gasteiger partial charge in [-0.2, -0.15) is 0 Å². The molecule has 3 heterocycles. The van der Waals surface area contributed by atoms with Crippen molar-refractivity contribution in [1.82, 2.24) is 4.90 Å². The van der Waals surface area contributed by atoms with E-state index in [1.54, 1.807) is 11.2 Å². The average Bonchev–Trinajstić information content (AvgIpc) is 3.18. The lowest BCUT2D eigenvalue weighted by Crippen LogP contribution is -2.26. The van der Waals surface area contributed by atoms with Gasteiger partial charge in [-0.15, -0.1) is 11.3 Å². The van der Waals surface area contributed by atoms with E-state index in [4.69, 9.17) is 4.42 Å². The van der Waals surface area contributed by atoms with E-state index in [0.29, 0.717) is 6.54 Å². The van der Waals surface area contributed by atoms with Gasteiger partial charge in [0.05, 0.1) is 11.1 Å². The topological polar surface area (TPSA) is 33.5 Å². The molecule has 2 aromatic rings. The molecule has 2 aromatic heterocycles. The Balaban J connectivity index is 1.64. The first-order chi connectivity index (χ1) is 9.83. The molecular formula is C16H13NO2S. The van der Waals surface area contributed by atoms with E-state index < -0.39 is 0 Å². The molecule has 0 bridgehead atoms. The Morgan fingerprint density at radius 2 is 2.25 bits per heavy atom. The predicted octanol–water partition coefficient (Wildman–Crippen LogP) is 3.95. The van der Waals surface area contributed by atoms with E-state index in [9.17, 15) is 4.79 Å². The molecule has 20 heavy (non-hydrogen) atoms. The summed E-state index contributed by atoms with van der Waals surface area (Å²) in [6.45, 7) is 0.588. The molecule has 1 aliphatic heterocycles. The predicted molar refractivity (Wildman–Crippen MR) is 80.3 cm³/mol. The zero-order valence-electron chi connectivity index (χ0n) is 10.7. The van der Waals surface area contributed by atoms with Gasteiger partial charge in [0.25, 0.3) is 5.91 Å². The molecule has 0 saturated carbocycles. The third-order valence-corrected chi connectivity index (χ3v) is 3.80. The second-order valence-electron chi connectivity index (χ2n) is 4.30. The summed E-state index contributed by atoms with van der Waals surface area (Å²) in [5.41, 5.74) is 1.07. The Morgan fingerprint density at radius 3 is 2.90 bits per heavy atom. The minimum absolute atomic E-state index is 0.0431. The maximum absolute atomic E-state index is 12.1. The second kappa shape index (κ2) is 5.75. The van der Waals surface area contributed by atoms with Crippen LogP contribution in [0.5, 0.6) is 0 Å². The molecule has 0 unspecified atom stereocenters. The summed E-state index contributed by atoms with van der Waals surface area (Å²) in [4.78, 5) is 14.6. The first-order valence-corrected chi connectivity index (χ1v) is 7.15. The van der Waals surface area contributed by atoms with Gasteiger partial charge in [0.1, 0.15) is 5.76 Å². The van der Waals surface area contributed by atoms with Crippen LogP contribution in [0, 0.1) is 0 Å². The highest BCUT2D eigenvalue weighted by atomic mass is 32.1. The molecular weight excluding hydrogens is 270 g/mol. The molecule has 100 valence electrons. The van der Waals surface area contributed by atoms with Crippen molar-refractivity contribution in [2.45, 2.75) is 0 Å². The summed E-state index contributed by atoms with van der Waals surface area (Å²) in [6.07, 6.45) is 11.3. The van der Waals surface area contributed by atoms with E-state index in [-0.39, 0.29) is 5.91 Å². The van der Waals surface area contributed by atoms with Crippen LogP contribution in [0.3, 0.4) is 0 Å².